The van der Waals surface area contributed by atoms with Crippen LogP contribution in [0.2, 0.25) is 10.0 Å². The van der Waals surface area contributed by atoms with Crippen LogP contribution in [0.25, 0.3) is 0 Å². The maximum Gasteiger partial charge on any atom is 0.258 e. The highest BCUT2D eigenvalue weighted by Crippen LogP contribution is 2.43. The van der Waals surface area contributed by atoms with Gasteiger partial charge in [-0.25, -0.2) is 0 Å². The standard InChI is InChI=1S/C26H24Cl2N2O3/c1-16-14-25(30(17(2)31)19-10-13-22(27)23(28)15-19)21-6-4-5-7-24(21)29(16)26(32)18-8-11-20(33-3)12-9-18/h4-13,15-16,25H,14H2,1-3H3. The first kappa shape index (κ1) is 23.1. The van der Waals surface area contributed by atoms with Crippen LogP contribution in [0.3, 0.4) is 0 Å². The van der Waals surface area contributed by atoms with Gasteiger partial charge < -0.3 is 14.5 Å². The highest BCUT2D eigenvalue weighted by molar-refractivity contribution is 6.42. The molecule has 5 nitrogen and oxygen atoms in total. The number of fused-ring (bicyclic) bond motifs is 1. The van der Waals surface area contributed by atoms with Gasteiger partial charge in [0.15, 0.2) is 0 Å². The second-order valence-electron chi connectivity index (χ2n) is 8.05. The molecule has 1 aliphatic heterocycles. The van der Waals surface area contributed by atoms with Gasteiger partial charge >= 0.3 is 0 Å². The molecule has 0 N–H and O–H groups in total. The number of halogens is 2. The number of hydrogen-bond acceptors (Lipinski definition) is 3. The minimum absolute atomic E-state index is 0.0973. The summed E-state index contributed by atoms with van der Waals surface area (Å²) in [6.07, 6.45) is 0.568. The average molecular weight is 483 g/mol. The van der Waals surface area contributed by atoms with E-state index in [1.165, 1.54) is 6.92 Å². The number of amides is 2. The summed E-state index contributed by atoms with van der Waals surface area (Å²) in [6, 6.07) is 19.6. The molecule has 4 rings (SSSR count). The normalized spacial score (nSPS) is 17.3. The molecule has 7 heteroatoms. The Bertz CT molecular complexity index is 1200. The quantitative estimate of drug-likeness (QED) is 0.424. The maximum absolute atomic E-state index is 13.5. The Kier molecular flexibility index (Phi) is 6.63. The summed E-state index contributed by atoms with van der Waals surface area (Å²) < 4.78 is 5.21. The lowest BCUT2D eigenvalue weighted by Crippen LogP contribution is -2.47. The molecule has 0 fully saturated rings. The van der Waals surface area contributed by atoms with Crippen molar-refractivity contribution < 1.29 is 14.3 Å². The van der Waals surface area contributed by atoms with Crippen molar-refractivity contribution in [2.75, 3.05) is 16.9 Å². The zero-order valence-electron chi connectivity index (χ0n) is 18.6. The Morgan fingerprint density at radius 2 is 1.70 bits per heavy atom. The molecule has 0 aromatic heterocycles. The average Bonchev–Trinajstić information content (AvgIpc) is 2.81. The topological polar surface area (TPSA) is 49.9 Å². The first-order valence-corrected chi connectivity index (χ1v) is 11.4. The fourth-order valence-corrected chi connectivity index (χ4v) is 4.72. The Labute approximate surface area is 203 Å². The van der Waals surface area contributed by atoms with E-state index in [-0.39, 0.29) is 23.9 Å². The molecule has 0 radical (unpaired) electrons. The number of anilines is 2. The van der Waals surface area contributed by atoms with E-state index in [0.717, 1.165) is 11.3 Å². The lowest BCUT2D eigenvalue weighted by molar-refractivity contribution is -0.117. The number of hydrogen-bond donors (Lipinski definition) is 0. The molecule has 3 aromatic carbocycles. The summed E-state index contributed by atoms with van der Waals surface area (Å²) in [7, 11) is 1.59. The number of rotatable bonds is 4. The molecule has 0 saturated carbocycles. The van der Waals surface area contributed by atoms with Crippen LogP contribution >= 0.6 is 23.2 Å². The van der Waals surface area contributed by atoms with Crippen molar-refractivity contribution >= 4 is 46.4 Å². The summed E-state index contributed by atoms with van der Waals surface area (Å²) in [6.45, 7) is 3.53. The Balaban J connectivity index is 1.76. The van der Waals surface area contributed by atoms with Gasteiger partial charge in [0.2, 0.25) is 5.91 Å². The zero-order chi connectivity index (χ0) is 23.7. The van der Waals surface area contributed by atoms with Crippen molar-refractivity contribution in [2.45, 2.75) is 32.4 Å². The minimum Gasteiger partial charge on any atom is -0.497 e. The van der Waals surface area contributed by atoms with Crippen molar-refractivity contribution in [3.63, 3.8) is 0 Å². The molecule has 2 amide bonds. The van der Waals surface area contributed by atoms with Gasteiger partial charge in [0.1, 0.15) is 5.75 Å². The summed E-state index contributed by atoms with van der Waals surface area (Å²) in [4.78, 5) is 29.9. The van der Waals surface area contributed by atoms with Crippen LogP contribution < -0.4 is 14.5 Å². The first-order chi connectivity index (χ1) is 15.8. The van der Waals surface area contributed by atoms with E-state index in [9.17, 15) is 9.59 Å². The van der Waals surface area contributed by atoms with Crippen LogP contribution in [0.5, 0.6) is 5.75 Å². The maximum atomic E-state index is 13.5. The molecule has 1 aliphatic rings. The molecule has 33 heavy (non-hydrogen) atoms. The monoisotopic (exact) mass is 482 g/mol. The van der Waals surface area contributed by atoms with E-state index in [0.29, 0.717) is 33.5 Å². The number of ether oxygens (including phenoxy) is 1. The second-order valence-corrected chi connectivity index (χ2v) is 8.86. The first-order valence-electron chi connectivity index (χ1n) is 10.6. The van der Waals surface area contributed by atoms with Crippen LogP contribution in [-0.2, 0) is 4.79 Å². The summed E-state index contributed by atoms with van der Waals surface area (Å²) >= 11 is 12.4. The van der Waals surface area contributed by atoms with Gasteiger partial charge in [0.25, 0.3) is 5.91 Å². The Morgan fingerprint density at radius 3 is 2.33 bits per heavy atom. The van der Waals surface area contributed by atoms with Gasteiger partial charge in [-0.2, -0.15) is 0 Å². The van der Waals surface area contributed by atoms with E-state index in [2.05, 4.69) is 0 Å². The van der Waals surface area contributed by atoms with E-state index in [1.54, 1.807) is 59.4 Å². The molecule has 3 aromatic rings. The number of methoxy groups -OCH3 is 1. The molecule has 0 bridgehead atoms. The number of para-hydroxylation sites is 1. The Hall–Kier alpha value is -3.02. The predicted molar refractivity (Wildman–Crippen MR) is 133 cm³/mol. The van der Waals surface area contributed by atoms with Gasteiger partial charge in [0, 0.05) is 29.9 Å². The van der Waals surface area contributed by atoms with Crippen LogP contribution in [0.4, 0.5) is 11.4 Å². The van der Waals surface area contributed by atoms with Crippen LogP contribution in [0, 0.1) is 0 Å². The third-order valence-electron chi connectivity index (χ3n) is 5.95. The summed E-state index contributed by atoms with van der Waals surface area (Å²) in [5.74, 6) is 0.479. The molecular weight excluding hydrogens is 459 g/mol. The zero-order valence-corrected chi connectivity index (χ0v) is 20.1. The smallest absolute Gasteiger partial charge is 0.258 e. The largest absolute Gasteiger partial charge is 0.497 e. The van der Waals surface area contributed by atoms with E-state index in [4.69, 9.17) is 27.9 Å². The highest BCUT2D eigenvalue weighted by atomic mass is 35.5. The summed E-state index contributed by atoms with van der Waals surface area (Å²) in [5, 5.41) is 0.812. The molecule has 0 spiro atoms. The third kappa shape index (κ3) is 4.43. The minimum atomic E-state index is -0.258. The number of carbonyl (C=O) groups is 2. The molecular formula is C26H24Cl2N2O3. The third-order valence-corrected chi connectivity index (χ3v) is 6.69. The van der Waals surface area contributed by atoms with Crippen LogP contribution in [0.1, 0.15) is 42.2 Å². The molecule has 2 atom stereocenters. The summed E-state index contributed by atoms with van der Waals surface area (Å²) in [5.41, 5.74) is 2.93. The van der Waals surface area contributed by atoms with E-state index in [1.807, 2.05) is 31.2 Å². The van der Waals surface area contributed by atoms with Gasteiger partial charge in [-0.15, -0.1) is 0 Å². The van der Waals surface area contributed by atoms with Gasteiger partial charge in [0.05, 0.1) is 23.2 Å². The van der Waals surface area contributed by atoms with Crippen molar-refractivity contribution in [2.24, 2.45) is 0 Å². The Morgan fingerprint density at radius 1 is 1.00 bits per heavy atom. The lowest BCUT2D eigenvalue weighted by atomic mass is 9.89. The lowest BCUT2D eigenvalue weighted by Gasteiger charge is -2.43. The molecule has 1 heterocycles. The van der Waals surface area contributed by atoms with Crippen molar-refractivity contribution in [3.8, 4) is 5.75 Å². The number of benzene rings is 3. The highest BCUT2D eigenvalue weighted by Gasteiger charge is 2.38. The SMILES string of the molecule is COc1ccc(C(=O)N2c3ccccc3C(N(C(C)=O)c3ccc(Cl)c(Cl)c3)CC2C)cc1. The van der Waals surface area contributed by atoms with E-state index >= 15 is 0 Å². The number of nitrogens with zero attached hydrogens (tertiary/aromatic N) is 2. The molecule has 2 unspecified atom stereocenters. The predicted octanol–water partition coefficient (Wildman–Crippen LogP) is 6.54. The number of carbonyl (C=O) groups excluding carboxylic acids is 2. The van der Waals surface area contributed by atoms with Crippen LogP contribution in [-0.4, -0.2) is 25.0 Å². The van der Waals surface area contributed by atoms with Crippen molar-refractivity contribution in [1.82, 2.24) is 0 Å². The van der Waals surface area contributed by atoms with Gasteiger partial charge in [-0.1, -0.05) is 41.4 Å². The fourth-order valence-electron chi connectivity index (χ4n) is 4.42. The van der Waals surface area contributed by atoms with Crippen LogP contribution in [0.15, 0.2) is 66.7 Å². The van der Waals surface area contributed by atoms with Gasteiger partial charge in [-0.3, -0.25) is 9.59 Å². The van der Waals surface area contributed by atoms with Crippen molar-refractivity contribution in [1.29, 1.82) is 0 Å². The molecule has 0 saturated heterocycles. The van der Waals surface area contributed by atoms with Gasteiger partial charge in [-0.05, 0) is 67.4 Å². The fraction of sp³-hybridized carbons (Fsp3) is 0.231. The molecule has 0 aliphatic carbocycles. The van der Waals surface area contributed by atoms with Crippen molar-refractivity contribution in [3.05, 3.63) is 87.9 Å². The molecule has 170 valence electrons. The second kappa shape index (κ2) is 9.46. The van der Waals surface area contributed by atoms with E-state index < -0.39 is 0 Å².